The first-order valence-corrected chi connectivity index (χ1v) is 8.39. The predicted octanol–water partition coefficient (Wildman–Crippen LogP) is 2.93. The van der Waals surface area contributed by atoms with Gasteiger partial charge in [-0.1, -0.05) is 12.1 Å². The number of aromatic nitrogens is 1. The highest BCUT2D eigenvalue weighted by atomic mass is 19.1. The summed E-state index contributed by atoms with van der Waals surface area (Å²) in [6.45, 7) is 1.71. The number of fused-ring (bicyclic) bond motifs is 1. The summed E-state index contributed by atoms with van der Waals surface area (Å²) >= 11 is 0. The van der Waals surface area contributed by atoms with E-state index < -0.39 is 23.7 Å². The van der Waals surface area contributed by atoms with Gasteiger partial charge in [-0.15, -0.1) is 0 Å². The first-order valence-electron chi connectivity index (χ1n) is 8.39. The monoisotopic (exact) mass is 358 g/mol. The number of Topliss-reactive ketones (excluding diaryl/α,β-unsaturated/α-hetero) is 1. The fraction of sp³-hybridized carbons (Fsp3) is 0.316. The van der Waals surface area contributed by atoms with Crippen molar-refractivity contribution in [3.8, 4) is 0 Å². The lowest BCUT2D eigenvalue weighted by molar-refractivity contribution is -0.137. The molecular formula is C19H19FN2O4. The topological polar surface area (TPSA) is 99.3 Å². The third-order valence-electron chi connectivity index (χ3n) is 4.62. The first kappa shape index (κ1) is 17.8. The highest BCUT2D eigenvalue weighted by Gasteiger charge is 2.28. The Morgan fingerprint density at radius 1 is 1.27 bits per heavy atom. The lowest BCUT2D eigenvalue weighted by Crippen LogP contribution is -2.31. The molecule has 1 aliphatic carbocycles. The number of aliphatic carboxylic acids is 1. The van der Waals surface area contributed by atoms with Gasteiger partial charge < -0.3 is 15.4 Å². The van der Waals surface area contributed by atoms with E-state index in [4.69, 9.17) is 5.11 Å². The van der Waals surface area contributed by atoms with Crippen molar-refractivity contribution in [2.24, 2.45) is 0 Å². The second kappa shape index (κ2) is 7.11. The van der Waals surface area contributed by atoms with Crippen molar-refractivity contribution in [3.63, 3.8) is 0 Å². The van der Waals surface area contributed by atoms with E-state index >= 15 is 0 Å². The van der Waals surface area contributed by atoms with Crippen molar-refractivity contribution in [1.82, 2.24) is 10.3 Å². The van der Waals surface area contributed by atoms with Crippen LogP contribution in [0.1, 0.15) is 63.0 Å². The van der Waals surface area contributed by atoms with Crippen LogP contribution >= 0.6 is 0 Å². The number of amides is 1. The van der Waals surface area contributed by atoms with Crippen molar-refractivity contribution in [1.29, 1.82) is 0 Å². The lowest BCUT2D eigenvalue weighted by atomic mass is 9.93. The highest BCUT2D eigenvalue weighted by molar-refractivity contribution is 6.04. The molecule has 3 N–H and O–H groups in total. The minimum absolute atomic E-state index is 0.0136. The molecule has 1 amide bonds. The fourth-order valence-corrected chi connectivity index (χ4v) is 3.35. The Morgan fingerprint density at radius 3 is 2.58 bits per heavy atom. The Morgan fingerprint density at radius 2 is 1.96 bits per heavy atom. The smallest absolute Gasteiger partial charge is 0.305 e. The van der Waals surface area contributed by atoms with Gasteiger partial charge in [0.1, 0.15) is 11.5 Å². The van der Waals surface area contributed by atoms with E-state index in [1.807, 2.05) is 0 Å². The van der Waals surface area contributed by atoms with Crippen molar-refractivity contribution >= 4 is 17.7 Å². The van der Waals surface area contributed by atoms with Crippen LogP contribution in [0.25, 0.3) is 0 Å². The molecule has 1 aromatic carbocycles. The number of aryl methyl sites for hydroxylation is 1. The van der Waals surface area contributed by atoms with Gasteiger partial charge in [-0.3, -0.25) is 14.4 Å². The summed E-state index contributed by atoms with van der Waals surface area (Å²) in [5.74, 6) is -2.00. The molecule has 1 unspecified atom stereocenters. The summed E-state index contributed by atoms with van der Waals surface area (Å²) in [6.07, 6.45) is 1.56. The minimum Gasteiger partial charge on any atom is -0.481 e. The number of carboxylic acids is 1. The minimum atomic E-state index is -1.09. The molecule has 1 heterocycles. The molecular weight excluding hydrogens is 339 g/mol. The number of benzene rings is 1. The van der Waals surface area contributed by atoms with Crippen molar-refractivity contribution in [2.75, 3.05) is 0 Å². The Hall–Kier alpha value is -2.96. The fourth-order valence-electron chi connectivity index (χ4n) is 3.35. The maximum Gasteiger partial charge on any atom is 0.305 e. The molecule has 3 rings (SSSR count). The van der Waals surface area contributed by atoms with Crippen LogP contribution in [0.2, 0.25) is 0 Å². The van der Waals surface area contributed by atoms with Crippen LogP contribution < -0.4 is 5.32 Å². The molecule has 0 saturated heterocycles. The molecule has 7 heteroatoms. The molecule has 1 atom stereocenters. The van der Waals surface area contributed by atoms with E-state index in [1.54, 1.807) is 6.92 Å². The Bertz CT molecular complexity index is 870. The molecule has 6 nitrogen and oxygen atoms in total. The summed E-state index contributed by atoms with van der Waals surface area (Å²) in [4.78, 5) is 39.0. The summed E-state index contributed by atoms with van der Waals surface area (Å²) < 4.78 is 13.1. The number of carbonyl (C=O) groups excluding carboxylic acids is 2. The molecule has 1 aliphatic rings. The number of ketones is 1. The largest absolute Gasteiger partial charge is 0.481 e. The molecule has 136 valence electrons. The SMILES string of the molecule is Cc1c(C(=O)NC(CC(=O)O)c2ccc(F)cc2)[nH]c2c1C(=O)CCC2. The number of carboxylic acid groups (broad SMARTS) is 1. The number of rotatable bonds is 5. The van der Waals surface area contributed by atoms with Crippen LogP contribution in [0, 0.1) is 12.7 Å². The van der Waals surface area contributed by atoms with Crippen LogP contribution in [-0.2, 0) is 11.2 Å². The van der Waals surface area contributed by atoms with E-state index in [2.05, 4.69) is 10.3 Å². The van der Waals surface area contributed by atoms with Gasteiger partial charge in [0.2, 0.25) is 0 Å². The second-order valence-electron chi connectivity index (χ2n) is 6.43. The third kappa shape index (κ3) is 3.51. The van der Waals surface area contributed by atoms with Gasteiger partial charge >= 0.3 is 5.97 Å². The van der Waals surface area contributed by atoms with E-state index in [0.29, 0.717) is 29.5 Å². The van der Waals surface area contributed by atoms with Crippen LogP contribution in [0.15, 0.2) is 24.3 Å². The maximum absolute atomic E-state index is 13.1. The summed E-state index contributed by atoms with van der Waals surface area (Å²) in [5, 5.41) is 11.8. The molecule has 0 aliphatic heterocycles. The molecule has 0 fully saturated rings. The summed E-state index contributed by atoms with van der Waals surface area (Å²) in [6, 6.07) is 4.51. The Kier molecular flexibility index (Phi) is 4.88. The van der Waals surface area contributed by atoms with Crippen molar-refractivity contribution in [2.45, 2.75) is 38.6 Å². The normalized spacial score (nSPS) is 14.6. The van der Waals surface area contributed by atoms with E-state index in [9.17, 15) is 18.8 Å². The molecule has 0 spiro atoms. The number of H-pyrrole nitrogens is 1. The standard InChI is InChI=1S/C19H19FN2O4/c1-10-17-13(3-2-4-15(17)23)21-18(10)19(26)22-14(9-16(24)25)11-5-7-12(20)8-6-11/h5-8,14,21H,2-4,9H2,1H3,(H,22,26)(H,24,25). The van der Waals surface area contributed by atoms with E-state index in [-0.39, 0.29) is 17.9 Å². The molecule has 0 radical (unpaired) electrons. The van der Waals surface area contributed by atoms with Crippen LogP contribution in [0.4, 0.5) is 4.39 Å². The zero-order valence-electron chi connectivity index (χ0n) is 14.3. The molecule has 26 heavy (non-hydrogen) atoms. The van der Waals surface area contributed by atoms with Crippen LogP contribution in [0.3, 0.4) is 0 Å². The maximum atomic E-state index is 13.1. The van der Waals surface area contributed by atoms with E-state index in [1.165, 1.54) is 24.3 Å². The van der Waals surface area contributed by atoms with Gasteiger partial charge in [-0.2, -0.15) is 0 Å². The molecule has 0 bridgehead atoms. The van der Waals surface area contributed by atoms with Crippen molar-refractivity contribution < 1.29 is 23.9 Å². The van der Waals surface area contributed by atoms with E-state index in [0.717, 1.165) is 12.1 Å². The second-order valence-corrected chi connectivity index (χ2v) is 6.43. The van der Waals surface area contributed by atoms with Crippen LogP contribution in [0.5, 0.6) is 0 Å². The number of halogens is 1. The van der Waals surface area contributed by atoms with Gasteiger partial charge in [0.15, 0.2) is 5.78 Å². The summed E-state index contributed by atoms with van der Waals surface area (Å²) in [5.41, 5.74) is 2.66. The molecule has 1 aromatic heterocycles. The summed E-state index contributed by atoms with van der Waals surface area (Å²) in [7, 11) is 0. The molecule has 2 aromatic rings. The first-order chi connectivity index (χ1) is 12.4. The van der Waals surface area contributed by atoms with Gasteiger partial charge in [-0.25, -0.2) is 4.39 Å². The molecule has 0 saturated carbocycles. The van der Waals surface area contributed by atoms with Gasteiger partial charge in [0.05, 0.1) is 12.5 Å². The number of aromatic amines is 1. The van der Waals surface area contributed by atoms with Gasteiger partial charge in [-0.05, 0) is 43.0 Å². The quantitative estimate of drug-likeness (QED) is 0.765. The highest BCUT2D eigenvalue weighted by Crippen LogP contribution is 2.27. The lowest BCUT2D eigenvalue weighted by Gasteiger charge is -2.17. The van der Waals surface area contributed by atoms with Crippen LogP contribution in [-0.4, -0.2) is 27.8 Å². The van der Waals surface area contributed by atoms with Crippen molar-refractivity contribution in [3.05, 3.63) is 58.2 Å². The Balaban J connectivity index is 1.87. The predicted molar refractivity (Wildman–Crippen MR) is 91.7 cm³/mol. The number of hydrogen-bond acceptors (Lipinski definition) is 3. The Labute approximate surface area is 149 Å². The average Bonchev–Trinajstić information content (AvgIpc) is 2.93. The number of carbonyl (C=O) groups is 3. The number of hydrogen-bond donors (Lipinski definition) is 3. The number of nitrogens with one attached hydrogen (secondary N) is 2. The van der Waals surface area contributed by atoms with Gasteiger partial charge in [0, 0.05) is 17.7 Å². The zero-order valence-corrected chi connectivity index (χ0v) is 14.3. The average molecular weight is 358 g/mol. The third-order valence-corrected chi connectivity index (χ3v) is 4.62. The van der Waals surface area contributed by atoms with Gasteiger partial charge in [0.25, 0.3) is 5.91 Å². The zero-order chi connectivity index (χ0) is 18.8.